The summed E-state index contributed by atoms with van der Waals surface area (Å²) in [6, 6.07) is 0. The number of Topliss-reactive ketones (excluding diaryl/α,β-unsaturated/α-hetero) is 1. The van der Waals surface area contributed by atoms with Crippen LogP contribution in [0.4, 0.5) is 4.79 Å². The number of carbonyl (C=O) groups excluding carboxylic acids is 2. The first-order valence-electron chi connectivity index (χ1n) is 9.05. The van der Waals surface area contributed by atoms with Crippen LogP contribution in [0.5, 0.6) is 0 Å². The lowest BCUT2D eigenvalue weighted by molar-refractivity contribution is -0.121. The minimum Gasteiger partial charge on any atom is -0.444 e. The lowest BCUT2D eigenvalue weighted by Crippen LogP contribution is -2.51. The normalized spacial score (nSPS) is 21.3. The molecule has 0 atom stereocenters. The second-order valence-corrected chi connectivity index (χ2v) is 7.99. The van der Waals surface area contributed by atoms with E-state index in [2.05, 4.69) is 4.90 Å². The molecule has 0 aromatic rings. The van der Waals surface area contributed by atoms with Gasteiger partial charge in [-0.25, -0.2) is 4.79 Å². The molecule has 0 aromatic carbocycles. The van der Waals surface area contributed by atoms with Crippen LogP contribution < -0.4 is 0 Å². The zero-order chi connectivity index (χ0) is 16.9. The molecule has 0 bridgehead atoms. The summed E-state index contributed by atoms with van der Waals surface area (Å²) in [4.78, 5) is 28.2. The summed E-state index contributed by atoms with van der Waals surface area (Å²) in [5.41, 5.74) is -0.454. The van der Waals surface area contributed by atoms with Crippen molar-refractivity contribution >= 4 is 11.9 Å². The highest BCUT2D eigenvalue weighted by atomic mass is 16.6. The van der Waals surface area contributed by atoms with E-state index in [4.69, 9.17) is 4.74 Å². The maximum atomic E-state index is 12.2. The number of hydrogen-bond donors (Lipinski definition) is 0. The molecule has 0 N–H and O–H groups in total. The van der Waals surface area contributed by atoms with Gasteiger partial charge in [-0.05, 0) is 26.7 Å². The summed E-state index contributed by atoms with van der Waals surface area (Å²) >= 11 is 0. The van der Waals surface area contributed by atoms with Crippen LogP contribution in [-0.4, -0.2) is 60.0 Å². The van der Waals surface area contributed by atoms with Gasteiger partial charge in [-0.3, -0.25) is 9.69 Å². The minimum absolute atomic E-state index is 0.245. The van der Waals surface area contributed by atoms with E-state index in [1.54, 1.807) is 4.90 Å². The standard InChI is InChI=1S/C18H32N2O3/c1-18(2,3)23-17(22)20-11-9-19(10-12-20)14-16(21)13-15-7-5-4-6-8-15/h15H,4-14H2,1-3H3. The Labute approximate surface area is 140 Å². The van der Waals surface area contributed by atoms with E-state index in [9.17, 15) is 9.59 Å². The molecule has 0 spiro atoms. The van der Waals surface area contributed by atoms with E-state index < -0.39 is 5.60 Å². The summed E-state index contributed by atoms with van der Waals surface area (Å²) in [5, 5.41) is 0. The average Bonchev–Trinajstić information content (AvgIpc) is 2.47. The first-order chi connectivity index (χ1) is 10.8. The van der Waals surface area contributed by atoms with Gasteiger partial charge < -0.3 is 9.64 Å². The van der Waals surface area contributed by atoms with Gasteiger partial charge in [0, 0.05) is 32.6 Å². The molecular weight excluding hydrogens is 292 g/mol. The van der Waals surface area contributed by atoms with Crippen molar-refractivity contribution in [2.75, 3.05) is 32.7 Å². The fourth-order valence-corrected chi connectivity index (χ4v) is 3.44. The average molecular weight is 324 g/mol. The van der Waals surface area contributed by atoms with Crippen LogP contribution in [0.1, 0.15) is 59.3 Å². The molecule has 1 heterocycles. The molecule has 1 saturated carbocycles. The Morgan fingerprint density at radius 1 is 1.00 bits per heavy atom. The molecule has 1 amide bonds. The number of carbonyl (C=O) groups is 2. The highest BCUT2D eigenvalue weighted by Gasteiger charge is 2.27. The zero-order valence-electron chi connectivity index (χ0n) is 15.0. The van der Waals surface area contributed by atoms with Crippen molar-refractivity contribution < 1.29 is 14.3 Å². The van der Waals surface area contributed by atoms with E-state index in [-0.39, 0.29) is 6.09 Å². The SMILES string of the molecule is CC(C)(C)OC(=O)N1CCN(CC(=O)CC2CCCCC2)CC1. The monoisotopic (exact) mass is 324 g/mol. The highest BCUT2D eigenvalue weighted by Crippen LogP contribution is 2.26. The molecule has 2 fully saturated rings. The van der Waals surface area contributed by atoms with Crippen molar-refractivity contribution in [1.82, 2.24) is 9.80 Å². The van der Waals surface area contributed by atoms with E-state index in [1.807, 2.05) is 20.8 Å². The number of rotatable bonds is 4. The molecule has 1 aliphatic heterocycles. The zero-order valence-corrected chi connectivity index (χ0v) is 15.0. The van der Waals surface area contributed by atoms with Gasteiger partial charge in [-0.2, -0.15) is 0 Å². The Bertz CT molecular complexity index is 403. The van der Waals surface area contributed by atoms with Gasteiger partial charge in [0.2, 0.25) is 0 Å². The molecule has 0 unspecified atom stereocenters. The number of ether oxygens (including phenoxy) is 1. The molecule has 5 nitrogen and oxygen atoms in total. The molecule has 5 heteroatoms. The maximum Gasteiger partial charge on any atom is 0.410 e. The van der Waals surface area contributed by atoms with Crippen molar-refractivity contribution in [2.24, 2.45) is 5.92 Å². The van der Waals surface area contributed by atoms with Crippen LogP contribution in [0.2, 0.25) is 0 Å². The predicted octanol–water partition coefficient (Wildman–Crippen LogP) is 3.08. The summed E-state index contributed by atoms with van der Waals surface area (Å²) < 4.78 is 5.40. The molecule has 1 aliphatic carbocycles. The van der Waals surface area contributed by atoms with Crippen LogP contribution in [0.3, 0.4) is 0 Å². The largest absolute Gasteiger partial charge is 0.444 e. The number of ketones is 1. The predicted molar refractivity (Wildman–Crippen MR) is 90.4 cm³/mol. The molecule has 0 aromatic heterocycles. The first kappa shape index (κ1) is 18.2. The van der Waals surface area contributed by atoms with Crippen molar-refractivity contribution in [3.63, 3.8) is 0 Å². The molecular formula is C18H32N2O3. The van der Waals surface area contributed by atoms with Crippen LogP contribution in [0.15, 0.2) is 0 Å². The van der Waals surface area contributed by atoms with Crippen molar-refractivity contribution in [1.29, 1.82) is 0 Å². The molecule has 0 radical (unpaired) electrons. The third-order valence-corrected chi connectivity index (χ3v) is 4.67. The maximum absolute atomic E-state index is 12.2. The Morgan fingerprint density at radius 2 is 1.61 bits per heavy atom. The number of piperazine rings is 1. The fraction of sp³-hybridized carbons (Fsp3) is 0.889. The van der Waals surface area contributed by atoms with Crippen LogP contribution >= 0.6 is 0 Å². The number of amides is 1. The van der Waals surface area contributed by atoms with E-state index in [0.29, 0.717) is 31.3 Å². The first-order valence-corrected chi connectivity index (χ1v) is 9.05. The van der Waals surface area contributed by atoms with E-state index in [0.717, 1.165) is 19.5 Å². The van der Waals surface area contributed by atoms with Gasteiger partial charge in [0.15, 0.2) is 0 Å². The van der Waals surface area contributed by atoms with Crippen molar-refractivity contribution in [2.45, 2.75) is 64.9 Å². The number of nitrogens with zero attached hydrogens (tertiary/aromatic N) is 2. The Morgan fingerprint density at radius 3 is 2.17 bits per heavy atom. The second-order valence-electron chi connectivity index (χ2n) is 7.99. The lowest BCUT2D eigenvalue weighted by Gasteiger charge is -2.35. The lowest BCUT2D eigenvalue weighted by atomic mass is 9.86. The topological polar surface area (TPSA) is 49.9 Å². The van der Waals surface area contributed by atoms with Gasteiger partial charge in [0.1, 0.15) is 11.4 Å². The molecule has 2 aliphatic rings. The van der Waals surface area contributed by atoms with Gasteiger partial charge in [0.25, 0.3) is 0 Å². The quantitative estimate of drug-likeness (QED) is 0.797. The molecule has 2 rings (SSSR count). The minimum atomic E-state index is -0.454. The highest BCUT2D eigenvalue weighted by molar-refractivity contribution is 5.80. The van der Waals surface area contributed by atoms with Gasteiger partial charge in [0.05, 0.1) is 6.54 Å². The van der Waals surface area contributed by atoms with Crippen LogP contribution in [-0.2, 0) is 9.53 Å². The van der Waals surface area contributed by atoms with E-state index >= 15 is 0 Å². The van der Waals surface area contributed by atoms with Gasteiger partial charge in [-0.15, -0.1) is 0 Å². The summed E-state index contributed by atoms with van der Waals surface area (Å²) in [5.74, 6) is 0.974. The fourth-order valence-electron chi connectivity index (χ4n) is 3.44. The molecule has 23 heavy (non-hydrogen) atoms. The Hall–Kier alpha value is -1.10. The summed E-state index contributed by atoms with van der Waals surface area (Å²) in [6.45, 7) is 8.99. The third-order valence-electron chi connectivity index (χ3n) is 4.67. The summed E-state index contributed by atoms with van der Waals surface area (Å²) in [7, 11) is 0. The Kier molecular flexibility index (Phi) is 6.45. The third kappa shape index (κ3) is 6.50. The van der Waals surface area contributed by atoms with Crippen LogP contribution in [0, 0.1) is 5.92 Å². The van der Waals surface area contributed by atoms with Crippen molar-refractivity contribution in [3.05, 3.63) is 0 Å². The van der Waals surface area contributed by atoms with Gasteiger partial charge >= 0.3 is 6.09 Å². The van der Waals surface area contributed by atoms with Gasteiger partial charge in [-0.1, -0.05) is 32.1 Å². The van der Waals surface area contributed by atoms with Crippen LogP contribution in [0.25, 0.3) is 0 Å². The number of hydrogen-bond acceptors (Lipinski definition) is 4. The second kappa shape index (κ2) is 8.13. The van der Waals surface area contributed by atoms with E-state index in [1.165, 1.54) is 32.1 Å². The smallest absolute Gasteiger partial charge is 0.410 e. The van der Waals surface area contributed by atoms with Crippen molar-refractivity contribution in [3.8, 4) is 0 Å². The Balaban J connectivity index is 1.67. The molecule has 132 valence electrons. The molecule has 1 saturated heterocycles. The summed E-state index contributed by atoms with van der Waals surface area (Å²) in [6.07, 6.45) is 6.84.